The molecule has 0 radical (unpaired) electrons. The Morgan fingerprint density at radius 2 is 1.84 bits per heavy atom. The number of carboxylic acids is 1. The molecule has 0 saturated carbocycles. The molecule has 112 valence electrons. The third kappa shape index (κ3) is 10.2. The fourth-order valence-corrected chi connectivity index (χ4v) is 1.10. The Balaban J connectivity index is 4.26. The largest absolute Gasteiger partial charge is 0.480 e. The molecule has 0 aliphatic heterocycles. The molecule has 0 bridgehead atoms. The van der Waals surface area contributed by atoms with Gasteiger partial charge in [0.2, 0.25) is 5.91 Å². The van der Waals surface area contributed by atoms with Gasteiger partial charge in [0.05, 0.1) is 13.0 Å². The van der Waals surface area contributed by atoms with Crippen LogP contribution in [0.15, 0.2) is 0 Å². The Morgan fingerprint density at radius 3 is 2.26 bits per heavy atom. The molecule has 0 saturated heterocycles. The van der Waals surface area contributed by atoms with Crippen molar-refractivity contribution < 1.29 is 41.4 Å². The summed E-state index contributed by atoms with van der Waals surface area (Å²) in [6.07, 6.45) is -8.09. The summed E-state index contributed by atoms with van der Waals surface area (Å²) < 4.78 is 63.9. The van der Waals surface area contributed by atoms with E-state index in [1.807, 2.05) is 0 Å². The van der Waals surface area contributed by atoms with Gasteiger partial charge in [-0.05, 0) is 0 Å². The van der Waals surface area contributed by atoms with Crippen molar-refractivity contribution >= 4 is 11.9 Å². The maximum absolute atomic E-state index is 12.1. The summed E-state index contributed by atoms with van der Waals surface area (Å²) in [7, 11) is 0. The van der Waals surface area contributed by atoms with Crippen LogP contribution in [0, 0.1) is 0 Å². The summed E-state index contributed by atoms with van der Waals surface area (Å²) in [6.45, 7) is -4.27. The molecule has 0 aromatic heterocycles. The second kappa shape index (κ2) is 7.87. The normalized spacial score (nSPS) is 11.7. The minimum atomic E-state index is -4.74. The van der Waals surface area contributed by atoms with Gasteiger partial charge in [-0.3, -0.25) is 9.59 Å². The van der Waals surface area contributed by atoms with Crippen LogP contribution in [0.4, 0.5) is 22.0 Å². The molecule has 10 heteroatoms. The van der Waals surface area contributed by atoms with E-state index in [1.54, 1.807) is 0 Å². The summed E-state index contributed by atoms with van der Waals surface area (Å²) in [5.41, 5.74) is 0. The smallest absolute Gasteiger partial charge is 0.406 e. The highest BCUT2D eigenvalue weighted by Gasteiger charge is 2.33. The van der Waals surface area contributed by atoms with Gasteiger partial charge < -0.3 is 14.7 Å². The minimum absolute atomic E-state index is 0.0774. The maximum atomic E-state index is 12.1. The van der Waals surface area contributed by atoms with Crippen molar-refractivity contribution in [2.24, 2.45) is 0 Å². The number of amides is 1. The maximum Gasteiger partial charge on any atom is 0.406 e. The first kappa shape index (κ1) is 17.6. The minimum Gasteiger partial charge on any atom is -0.480 e. The number of carbonyl (C=O) groups excluding carboxylic acids is 1. The van der Waals surface area contributed by atoms with E-state index < -0.39 is 57.2 Å². The summed E-state index contributed by atoms with van der Waals surface area (Å²) >= 11 is 0. The molecule has 0 heterocycles. The molecule has 19 heavy (non-hydrogen) atoms. The van der Waals surface area contributed by atoms with Gasteiger partial charge in [0.25, 0.3) is 6.43 Å². The molecule has 1 N–H and O–H groups in total. The molecule has 0 fully saturated rings. The number of alkyl halides is 5. The average molecular weight is 293 g/mol. The van der Waals surface area contributed by atoms with Crippen molar-refractivity contribution in [3.63, 3.8) is 0 Å². The van der Waals surface area contributed by atoms with E-state index in [0.29, 0.717) is 0 Å². The van der Waals surface area contributed by atoms with Gasteiger partial charge >= 0.3 is 12.1 Å². The highest BCUT2D eigenvalue weighted by Crippen LogP contribution is 2.16. The Morgan fingerprint density at radius 1 is 1.26 bits per heavy atom. The summed E-state index contributed by atoms with van der Waals surface area (Å²) in [6, 6.07) is 0. The predicted octanol–water partition coefficient (Wildman–Crippen LogP) is 1.13. The lowest BCUT2D eigenvalue weighted by molar-refractivity contribution is -0.166. The number of nitrogens with zero attached hydrogens (tertiary/aromatic N) is 1. The quantitative estimate of drug-likeness (QED) is 0.538. The zero-order valence-corrected chi connectivity index (χ0v) is 9.62. The molecular weight excluding hydrogens is 281 g/mol. The second-order valence-corrected chi connectivity index (χ2v) is 3.47. The highest BCUT2D eigenvalue weighted by molar-refractivity contribution is 5.81. The molecule has 0 aromatic carbocycles. The molecular formula is C9H12F5NO4. The first-order valence-corrected chi connectivity index (χ1v) is 5.04. The van der Waals surface area contributed by atoms with Crippen molar-refractivity contribution in [2.75, 3.05) is 26.3 Å². The Labute approximate surface area is 104 Å². The van der Waals surface area contributed by atoms with Gasteiger partial charge in [0.15, 0.2) is 0 Å². The van der Waals surface area contributed by atoms with Gasteiger partial charge in [-0.15, -0.1) is 0 Å². The number of carboxylic acid groups (broad SMARTS) is 1. The molecule has 1 amide bonds. The Hall–Kier alpha value is -1.45. The van der Waals surface area contributed by atoms with Crippen LogP contribution in [0.2, 0.25) is 0 Å². The van der Waals surface area contributed by atoms with Crippen LogP contribution >= 0.6 is 0 Å². The first-order chi connectivity index (χ1) is 8.61. The van der Waals surface area contributed by atoms with E-state index in [9.17, 15) is 31.5 Å². The highest BCUT2D eigenvalue weighted by atomic mass is 19.4. The van der Waals surface area contributed by atoms with Crippen LogP contribution in [-0.2, 0) is 14.3 Å². The summed E-state index contributed by atoms with van der Waals surface area (Å²) in [5.74, 6) is -2.74. The van der Waals surface area contributed by atoms with Gasteiger partial charge in [0.1, 0.15) is 19.7 Å². The predicted molar refractivity (Wildman–Crippen MR) is 51.7 cm³/mol. The zero-order chi connectivity index (χ0) is 15.1. The third-order valence-electron chi connectivity index (χ3n) is 1.75. The van der Waals surface area contributed by atoms with E-state index in [4.69, 9.17) is 5.11 Å². The monoisotopic (exact) mass is 293 g/mol. The second-order valence-electron chi connectivity index (χ2n) is 3.47. The van der Waals surface area contributed by atoms with Crippen LogP contribution in [0.3, 0.4) is 0 Å². The molecule has 0 unspecified atom stereocenters. The van der Waals surface area contributed by atoms with Gasteiger partial charge in [0, 0.05) is 0 Å². The van der Waals surface area contributed by atoms with E-state index in [1.165, 1.54) is 0 Å². The molecule has 0 rings (SSSR count). The molecule has 0 aliphatic rings. The SMILES string of the molecule is O=C(O)CN(CC(F)(F)F)C(=O)CCOCC(F)F. The molecule has 0 spiro atoms. The Kier molecular flexibility index (Phi) is 7.27. The number of aliphatic carboxylic acids is 1. The van der Waals surface area contributed by atoms with Crippen molar-refractivity contribution in [1.29, 1.82) is 0 Å². The number of rotatable bonds is 8. The van der Waals surface area contributed by atoms with Gasteiger partial charge in [-0.25, -0.2) is 8.78 Å². The topological polar surface area (TPSA) is 66.8 Å². The van der Waals surface area contributed by atoms with E-state index in [-0.39, 0.29) is 4.90 Å². The van der Waals surface area contributed by atoms with E-state index in [2.05, 4.69) is 4.74 Å². The van der Waals surface area contributed by atoms with Crippen molar-refractivity contribution in [3.8, 4) is 0 Å². The fourth-order valence-electron chi connectivity index (χ4n) is 1.10. The number of hydrogen-bond acceptors (Lipinski definition) is 3. The zero-order valence-electron chi connectivity index (χ0n) is 9.62. The van der Waals surface area contributed by atoms with Crippen molar-refractivity contribution in [1.82, 2.24) is 4.90 Å². The first-order valence-electron chi connectivity index (χ1n) is 5.04. The number of carbonyl (C=O) groups is 2. The fraction of sp³-hybridized carbons (Fsp3) is 0.778. The lowest BCUT2D eigenvalue weighted by Crippen LogP contribution is -2.42. The van der Waals surface area contributed by atoms with E-state index in [0.717, 1.165) is 0 Å². The molecule has 0 atom stereocenters. The van der Waals surface area contributed by atoms with Crippen molar-refractivity contribution in [3.05, 3.63) is 0 Å². The van der Waals surface area contributed by atoms with Crippen LogP contribution < -0.4 is 0 Å². The number of hydrogen-bond donors (Lipinski definition) is 1. The lowest BCUT2D eigenvalue weighted by atomic mass is 10.3. The van der Waals surface area contributed by atoms with Gasteiger partial charge in [-0.2, -0.15) is 13.2 Å². The average Bonchev–Trinajstić information content (AvgIpc) is 2.20. The number of halogens is 5. The summed E-state index contributed by atoms with van der Waals surface area (Å²) in [5, 5.41) is 8.38. The molecule has 5 nitrogen and oxygen atoms in total. The Bertz CT molecular complexity index is 307. The standard InChI is InChI=1S/C9H12F5NO4/c10-6(11)4-19-2-1-7(16)15(3-8(17)18)5-9(12,13)14/h6H,1-5H2,(H,17,18). The van der Waals surface area contributed by atoms with Crippen LogP contribution in [0.5, 0.6) is 0 Å². The van der Waals surface area contributed by atoms with Crippen LogP contribution in [-0.4, -0.2) is 60.8 Å². The number of ether oxygens (including phenoxy) is 1. The summed E-state index contributed by atoms with van der Waals surface area (Å²) in [4.78, 5) is 21.7. The lowest BCUT2D eigenvalue weighted by Gasteiger charge is -2.22. The molecule has 0 aliphatic carbocycles. The van der Waals surface area contributed by atoms with Gasteiger partial charge in [-0.1, -0.05) is 0 Å². The third-order valence-corrected chi connectivity index (χ3v) is 1.75. The van der Waals surface area contributed by atoms with Crippen molar-refractivity contribution in [2.45, 2.75) is 19.0 Å². The molecule has 0 aromatic rings. The van der Waals surface area contributed by atoms with Crippen LogP contribution in [0.1, 0.15) is 6.42 Å². The van der Waals surface area contributed by atoms with E-state index >= 15 is 0 Å². The van der Waals surface area contributed by atoms with Crippen LogP contribution in [0.25, 0.3) is 0 Å².